The summed E-state index contributed by atoms with van der Waals surface area (Å²) in [4.78, 5) is 12.8. The summed E-state index contributed by atoms with van der Waals surface area (Å²) < 4.78 is 5.44. The molecule has 5 nitrogen and oxygen atoms in total. The highest BCUT2D eigenvalue weighted by Crippen LogP contribution is 2.24. The third kappa shape index (κ3) is 3.58. The molecule has 0 aliphatic rings. The smallest absolute Gasteiger partial charge is 0.223 e. The lowest BCUT2D eigenvalue weighted by atomic mass is 10.3. The Morgan fingerprint density at radius 3 is 2.77 bits per heavy atom. The number of rotatable bonds is 5. The maximum absolute atomic E-state index is 6.00. The van der Waals surface area contributed by atoms with Crippen molar-refractivity contribution in [3.63, 3.8) is 0 Å². The van der Waals surface area contributed by atoms with Crippen LogP contribution in [0.4, 0.5) is 11.8 Å². The zero-order valence-corrected chi connectivity index (χ0v) is 13.6. The van der Waals surface area contributed by atoms with Gasteiger partial charge in [-0.25, -0.2) is 4.98 Å². The summed E-state index contributed by atoms with van der Waals surface area (Å²) in [5.74, 6) is 1.69. The van der Waals surface area contributed by atoms with Crippen LogP contribution in [-0.4, -0.2) is 9.97 Å². The van der Waals surface area contributed by atoms with Crippen LogP contribution in [0.5, 0.6) is 0 Å². The summed E-state index contributed by atoms with van der Waals surface area (Å²) in [6, 6.07) is 9.72. The summed E-state index contributed by atoms with van der Waals surface area (Å²) in [5, 5.41) is 0.328. The lowest BCUT2D eigenvalue weighted by molar-refractivity contribution is 0.501. The number of hydrogen-bond acceptors (Lipinski definition) is 6. The number of nitrogen functional groups attached to an aromatic ring is 1. The van der Waals surface area contributed by atoms with Crippen LogP contribution in [0.3, 0.4) is 0 Å². The monoisotopic (exact) mass is 334 g/mol. The normalized spacial score (nSPS) is 10.8. The van der Waals surface area contributed by atoms with Gasteiger partial charge in [-0.15, -0.1) is 11.3 Å². The van der Waals surface area contributed by atoms with Crippen LogP contribution < -0.4 is 10.6 Å². The van der Waals surface area contributed by atoms with E-state index in [4.69, 9.17) is 21.8 Å². The van der Waals surface area contributed by atoms with Gasteiger partial charge in [0.1, 0.15) is 16.7 Å². The minimum Gasteiger partial charge on any atom is -0.467 e. The van der Waals surface area contributed by atoms with Crippen molar-refractivity contribution in [2.24, 2.45) is 0 Å². The fourth-order valence-corrected chi connectivity index (χ4v) is 3.24. The van der Waals surface area contributed by atoms with E-state index in [9.17, 15) is 0 Å². The zero-order valence-electron chi connectivity index (χ0n) is 12.0. The molecule has 0 bridgehead atoms. The van der Waals surface area contributed by atoms with E-state index in [-0.39, 0.29) is 5.95 Å². The molecule has 0 aromatic carbocycles. The Labute approximate surface area is 137 Å². The number of nitrogens with zero attached hydrogens (tertiary/aromatic N) is 3. The molecule has 0 unspecified atom stereocenters. The predicted molar refractivity (Wildman–Crippen MR) is 89.1 cm³/mol. The molecule has 7 heteroatoms. The van der Waals surface area contributed by atoms with Gasteiger partial charge in [-0.05, 0) is 31.2 Å². The first kappa shape index (κ1) is 14.9. The summed E-state index contributed by atoms with van der Waals surface area (Å²) >= 11 is 7.76. The maximum atomic E-state index is 6.00. The van der Waals surface area contributed by atoms with Crippen molar-refractivity contribution < 1.29 is 4.42 Å². The molecule has 0 atom stereocenters. The largest absolute Gasteiger partial charge is 0.467 e. The maximum Gasteiger partial charge on any atom is 0.223 e. The number of thiophene rings is 1. The molecule has 0 saturated carbocycles. The quantitative estimate of drug-likeness (QED) is 0.717. The molecule has 114 valence electrons. The van der Waals surface area contributed by atoms with Gasteiger partial charge in [0.25, 0.3) is 0 Å². The number of aryl methyl sites for hydroxylation is 1. The Kier molecular flexibility index (Phi) is 4.31. The van der Waals surface area contributed by atoms with E-state index >= 15 is 0 Å². The third-order valence-corrected chi connectivity index (χ3v) is 4.27. The molecule has 0 fully saturated rings. The SMILES string of the molecule is Cc1ccc(CN(Cc2ccco2)c2cc(Cl)nc(N)n2)s1. The lowest BCUT2D eigenvalue weighted by Gasteiger charge is -2.22. The van der Waals surface area contributed by atoms with Crippen LogP contribution in [0.25, 0.3) is 0 Å². The van der Waals surface area contributed by atoms with Crippen molar-refractivity contribution >= 4 is 34.7 Å². The highest BCUT2D eigenvalue weighted by molar-refractivity contribution is 7.11. The summed E-state index contributed by atoms with van der Waals surface area (Å²) in [6.45, 7) is 3.37. The van der Waals surface area contributed by atoms with Crippen LogP contribution in [0.1, 0.15) is 15.5 Å². The molecule has 3 aromatic heterocycles. The predicted octanol–water partition coefficient (Wildman–Crippen LogP) is 3.88. The fourth-order valence-electron chi connectivity index (χ4n) is 2.15. The van der Waals surface area contributed by atoms with Gasteiger partial charge < -0.3 is 15.1 Å². The zero-order chi connectivity index (χ0) is 15.5. The average molecular weight is 335 g/mol. The van der Waals surface area contributed by atoms with Gasteiger partial charge in [0.2, 0.25) is 5.95 Å². The number of furan rings is 1. The van der Waals surface area contributed by atoms with Gasteiger partial charge >= 0.3 is 0 Å². The molecule has 0 amide bonds. The second-order valence-corrected chi connectivity index (χ2v) is 6.61. The van der Waals surface area contributed by atoms with Crippen molar-refractivity contribution in [2.75, 3.05) is 10.6 Å². The van der Waals surface area contributed by atoms with Crippen molar-refractivity contribution in [1.82, 2.24) is 9.97 Å². The average Bonchev–Trinajstić information content (AvgIpc) is 3.09. The minimum atomic E-state index is 0.161. The molecule has 3 heterocycles. The highest BCUT2D eigenvalue weighted by atomic mass is 35.5. The number of aromatic nitrogens is 2. The Morgan fingerprint density at radius 1 is 1.27 bits per heavy atom. The van der Waals surface area contributed by atoms with Crippen LogP contribution in [0.2, 0.25) is 5.15 Å². The van der Waals surface area contributed by atoms with E-state index in [1.54, 1.807) is 23.7 Å². The van der Waals surface area contributed by atoms with Crippen molar-refractivity contribution in [3.8, 4) is 0 Å². The van der Waals surface area contributed by atoms with Crippen molar-refractivity contribution in [1.29, 1.82) is 0 Å². The summed E-state index contributed by atoms with van der Waals surface area (Å²) in [6.07, 6.45) is 1.66. The molecule has 22 heavy (non-hydrogen) atoms. The fraction of sp³-hybridized carbons (Fsp3) is 0.200. The second-order valence-electron chi connectivity index (χ2n) is 4.85. The third-order valence-electron chi connectivity index (χ3n) is 3.09. The van der Waals surface area contributed by atoms with Gasteiger partial charge in [-0.2, -0.15) is 4.98 Å². The molecule has 3 rings (SSSR count). The van der Waals surface area contributed by atoms with Crippen molar-refractivity contribution in [3.05, 3.63) is 57.3 Å². The van der Waals surface area contributed by atoms with Gasteiger partial charge in [-0.1, -0.05) is 11.6 Å². The molecule has 0 radical (unpaired) electrons. The molecule has 0 aliphatic heterocycles. The van der Waals surface area contributed by atoms with Crippen LogP contribution >= 0.6 is 22.9 Å². The van der Waals surface area contributed by atoms with E-state index in [0.29, 0.717) is 24.1 Å². The first-order valence-electron chi connectivity index (χ1n) is 6.73. The van der Waals surface area contributed by atoms with Gasteiger partial charge in [0.15, 0.2) is 0 Å². The standard InChI is InChI=1S/C15H15ClN4OS/c1-10-4-5-12(22-10)9-20(8-11-3-2-6-21-11)14-7-13(16)18-15(17)19-14/h2-7H,8-9H2,1H3,(H2,17,18,19). The molecular formula is C15H15ClN4OS. The molecule has 3 aromatic rings. The Balaban J connectivity index is 1.90. The topological polar surface area (TPSA) is 68.2 Å². The minimum absolute atomic E-state index is 0.161. The van der Waals surface area contributed by atoms with E-state index in [2.05, 4.69) is 33.9 Å². The van der Waals surface area contributed by atoms with E-state index < -0.39 is 0 Å². The van der Waals surface area contributed by atoms with Crippen LogP contribution in [0.15, 0.2) is 41.0 Å². The highest BCUT2D eigenvalue weighted by Gasteiger charge is 2.14. The number of nitrogens with two attached hydrogens (primary N) is 1. The van der Waals surface area contributed by atoms with Crippen LogP contribution in [0, 0.1) is 6.92 Å². The van der Waals surface area contributed by atoms with E-state index in [0.717, 1.165) is 5.76 Å². The lowest BCUT2D eigenvalue weighted by Crippen LogP contribution is -2.23. The van der Waals surface area contributed by atoms with Crippen LogP contribution in [-0.2, 0) is 13.1 Å². The number of anilines is 2. The Bertz CT molecular complexity index is 737. The molecular weight excluding hydrogens is 320 g/mol. The molecule has 0 spiro atoms. The first-order valence-corrected chi connectivity index (χ1v) is 7.92. The van der Waals surface area contributed by atoms with Gasteiger partial charge in [-0.3, -0.25) is 0 Å². The van der Waals surface area contributed by atoms with E-state index in [1.807, 2.05) is 12.1 Å². The molecule has 2 N–H and O–H groups in total. The summed E-state index contributed by atoms with van der Waals surface area (Å²) in [7, 11) is 0. The van der Waals surface area contributed by atoms with Gasteiger partial charge in [0.05, 0.1) is 19.4 Å². The number of halogens is 1. The molecule has 0 saturated heterocycles. The summed E-state index contributed by atoms with van der Waals surface area (Å²) in [5.41, 5.74) is 5.71. The molecule has 0 aliphatic carbocycles. The van der Waals surface area contributed by atoms with Gasteiger partial charge in [0, 0.05) is 15.8 Å². The van der Waals surface area contributed by atoms with E-state index in [1.165, 1.54) is 9.75 Å². The second kappa shape index (κ2) is 6.37. The number of hydrogen-bond donors (Lipinski definition) is 1. The Morgan fingerprint density at radius 2 is 2.14 bits per heavy atom. The Hall–Kier alpha value is -2.05. The first-order chi connectivity index (χ1) is 10.6. The van der Waals surface area contributed by atoms with Crippen molar-refractivity contribution in [2.45, 2.75) is 20.0 Å².